The van der Waals surface area contributed by atoms with Crippen molar-refractivity contribution in [3.05, 3.63) is 276 Å². The van der Waals surface area contributed by atoms with Crippen LogP contribution in [0.15, 0.2) is 251 Å². The van der Waals surface area contributed by atoms with Crippen LogP contribution in [0.4, 0.5) is 0 Å². The van der Waals surface area contributed by atoms with Crippen molar-refractivity contribution >= 4 is 93.3 Å². The van der Waals surface area contributed by atoms with Crippen LogP contribution in [0.1, 0.15) is 38.2 Å². The molecule has 11 aromatic carbocycles. The predicted molar refractivity (Wildman–Crippen MR) is 297 cm³/mol. The minimum Gasteiger partial charge on any atom is -0.455 e. The number of hydrogen-bond donors (Lipinski definition) is 0. The fraction of sp³-hybridized carbons (Fsp3) is 0.0147. The summed E-state index contributed by atoms with van der Waals surface area (Å²) < 4.78 is 19.0. The van der Waals surface area contributed by atoms with Gasteiger partial charge in [-0.2, -0.15) is 0 Å². The van der Waals surface area contributed by atoms with Crippen LogP contribution in [0, 0.1) is 0 Å². The molecule has 16 rings (SSSR count). The summed E-state index contributed by atoms with van der Waals surface area (Å²) in [6.07, 6.45) is 0. The number of furan rings is 2. The van der Waals surface area contributed by atoms with Crippen molar-refractivity contribution in [2.24, 2.45) is 0 Å². The zero-order valence-corrected chi connectivity index (χ0v) is 39.2. The van der Waals surface area contributed by atoms with Crippen LogP contribution in [0.3, 0.4) is 0 Å². The van der Waals surface area contributed by atoms with Crippen LogP contribution in [0.25, 0.3) is 110 Å². The van der Waals surface area contributed by atoms with Crippen LogP contribution in [0.2, 0.25) is 0 Å². The Hall–Kier alpha value is -9.71. The van der Waals surface area contributed by atoms with Gasteiger partial charge in [0.25, 0.3) is 0 Å². The van der Waals surface area contributed by atoms with E-state index in [9.17, 15) is 4.79 Å². The molecule has 0 N–H and O–H groups in total. The molecule has 0 saturated heterocycles. The summed E-state index contributed by atoms with van der Waals surface area (Å²) in [5.74, 6) is 0.0168. The maximum atomic E-state index is 14.9. The highest BCUT2D eigenvalue weighted by Crippen LogP contribution is 2.54. The van der Waals surface area contributed by atoms with Gasteiger partial charge >= 0.3 is 0 Å². The highest BCUT2D eigenvalue weighted by Gasteiger charge is 2.46. The number of para-hydroxylation sites is 5. The topological polar surface area (TPSA) is 53.2 Å². The number of carbonyl (C=O) groups is 1. The molecule has 1 aliphatic rings. The lowest BCUT2D eigenvalue weighted by Crippen LogP contribution is -2.38. The van der Waals surface area contributed by atoms with E-state index in [1.54, 1.807) is 0 Å². The van der Waals surface area contributed by atoms with E-state index in [0.717, 1.165) is 132 Å². The number of rotatable bonds is 5. The average Bonchev–Trinajstić information content (AvgIpc) is 4.22. The van der Waals surface area contributed by atoms with Crippen molar-refractivity contribution in [1.29, 1.82) is 0 Å². The summed E-state index contributed by atoms with van der Waals surface area (Å²) in [5, 5.41) is 8.63. The second-order valence-electron chi connectivity index (χ2n) is 19.4. The fourth-order valence-electron chi connectivity index (χ4n) is 12.8. The molecule has 5 nitrogen and oxygen atoms in total. The Morgan fingerprint density at radius 3 is 1.55 bits per heavy atom. The second kappa shape index (κ2) is 14.9. The SMILES string of the molecule is O=C1c2ccccc2C(c2ccccc2)(c2ccccc2)c2cc(-c3cc(-n4c5ccccc5c5c6oc7ccccc7c6c6c(c7ccccc7n6-c6ccccc6)c54)cc4c3oc3ccccc34)ccc21. The molecular formula is C68H40N2O3. The number of hydrogen-bond acceptors (Lipinski definition) is 3. The van der Waals surface area contributed by atoms with Crippen molar-refractivity contribution in [2.45, 2.75) is 5.41 Å². The van der Waals surface area contributed by atoms with Crippen molar-refractivity contribution < 1.29 is 13.6 Å². The first-order chi connectivity index (χ1) is 36.2. The van der Waals surface area contributed by atoms with Gasteiger partial charge in [0.05, 0.1) is 38.3 Å². The van der Waals surface area contributed by atoms with Gasteiger partial charge in [0.2, 0.25) is 0 Å². The largest absolute Gasteiger partial charge is 0.455 e. The van der Waals surface area contributed by atoms with Crippen LogP contribution < -0.4 is 0 Å². The molecule has 0 aliphatic heterocycles. The molecule has 15 aromatic rings. The van der Waals surface area contributed by atoms with E-state index >= 15 is 0 Å². The summed E-state index contributed by atoms with van der Waals surface area (Å²) in [6, 6.07) is 85.5. The Kier molecular flexibility index (Phi) is 8.18. The molecule has 0 unspecified atom stereocenters. The molecule has 0 fully saturated rings. The van der Waals surface area contributed by atoms with Gasteiger partial charge in [-0.25, -0.2) is 0 Å². The Morgan fingerprint density at radius 1 is 0.342 bits per heavy atom. The number of carbonyl (C=O) groups excluding carboxylic acids is 1. The molecule has 0 radical (unpaired) electrons. The normalized spacial score (nSPS) is 13.3. The number of aromatic nitrogens is 2. The average molecular weight is 933 g/mol. The van der Waals surface area contributed by atoms with Gasteiger partial charge in [-0.1, -0.05) is 188 Å². The second-order valence-corrected chi connectivity index (χ2v) is 19.4. The Balaban J connectivity index is 1.07. The number of ketones is 1. The zero-order valence-electron chi connectivity index (χ0n) is 39.2. The van der Waals surface area contributed by atoms with E-state index in [2.05, 4.69) is 228 Å². The first-order valence-corrected chi connectivity index (χ1v) is 24.9. The summed E-state index contributed by atoms with van der Waals surface area (Å²) >= 11 is 0. The molecule has 0 atom stereocenters. The fourth-order valence-corrected chi connectivity index (χ4v) is 12.8. The standard InChI is InChI=1S/C68H40N2O3/c71-65-47-27-10-15-31-54(47)68(42-20-4-1-5-21-42,43-22-6-2-7-23-43)55-38-41(36-37-48(55)65)52-39-45(40-53-46-26-13-18-34-58(46)72-66(52)53)70-57-33-17-12-29-50(57)61-63(70)60-49-28-11-16-32-56(49)69(44-24-8-3-9-25-44)64(60)62-51-30-14-19-35-59(51)73-67(61)62/h1-40H. The number of fused-ring (bicyclic) bond motifs is 17. The summed E-state index contributed by atoms with van der Waals surface area (Å²) in [4.78, 5) is 14.9. The molecular weight excluding hydrogens is 893 g/mol. The van der Waals surface area contributed by atoms with Crippen molar-refractivity contribution in [3.63, 3.8) is 0 Å². The van der Waals surface area contributed by atoms with Gasteiger partial charge in [0.15, 0.2) is 5.78 Å². The molecule has 4 heterocycles. The summed E-state index contributed by atoms with van der Waals surface area (Å²) in [7, 11) is 0. The Morgan fingerprint density at radius 2 is 0.849 bits per heavy atom. The quantitative estimate of drug-likeness (QED) is 0.173. The van der Waals surface area contributed by atoms with Gasteiger partial charge in [0, 0.05) is 60.4 Å². The monoisotopic (exact) mass is 932 g/mol. The molecule has 0 amide bonds. The van der Waals surface area contributed by atoms with Crippen LogP contribution in [-0.4, -0.2) is 14.9 Å². The van der Waals surface area contributed by atoms with Crippen LogP contribution >= 0.6 is 0 Å². The van der Waals surface area contributed by atoms with E-state index in [1.165, 1.54) is 0 Å². The van der Waals surface area contributed by atoms with Gasteiger partial charge in [-0.05, 0) is 82.4 Å². The molecule has 0 spiro atoms. The first kappa shape index (κ1) is 40.1. The summed E-state index contributed by atoms with van der Waals surface area (Å²) in [6.45, 7) is 0. The lowest BCUT2D eigenvalue weighted by atomic mass is 9.59. The molecule has 5 heteroatoms. The highest BCUT2D eigenvalue weighted by atomic mass is 16.3. The van der Waals surface area contributed by atoms with Crippen LogP contribution in [-0.2, 0) is 5.41 Å². The van der Waals surface area contributed by atoms with E-state index in [0.29, 0.717) is 11.1 Å². The molecule has 1 aliphatic carbocycles. The van der Waals surface area contributed by atoms with E-state index in [1.807, 2.05) is 24.3 Å². The van der Waals surface area contributed by atoms with Gasteiger partial charge in [-0.15, -0.1) is 0 Å². The van der Waals surface area contributed by atoms with Crippen molar-refractivity contribution in [3.8, 4) is 22.5 Å². The maximum Gasteiger partial charge on any atom is 0.193 e. The maximum absolute atomic E-state index is 14.9. The van der Waals surface area contributed by atoms with Gasteiger partial charge < -0.3 is 18.0 Å². The molecule has 4 aromatic heterocycles. The smallest absolute Gasteiger partial charge is 0.193 e. The summed E-state index contributed by atoms with van der Waals surface area (Å²) in [5.41, 5.74) is 16.2. The van der Waals surface area contributed by atoms with Crippen molar-refractivity contribution in [2.75, 3.05) is 0 Å². The number of nitrogens with zero attached hydrogens (tertiary/aromatic N) is 2. The third-order valence-corrected chi connectivity index (χ3v) is 15.7. The molecule has 0 saturated carbocycles. The first-order valence-electron chi connectivity index (χ1n) is 24.9. The molecule has 73 heavy (non-hydrogen) atoms. The number of benzene rings is 11. The minimum absolute atomic E-state index is 0.0168. The van der Waals surface area contributed by atoms with E-state index < -0.39 is 5.41 Å². The van der Waals surface area contributed by atoms with Gasteiger partial charge in [0.1, 0.15) is 22.3 Å². The Labute approximate surface area is 418 Å². The van der Waals surface area contributed by atoms with Crippen LogP contribution in [0.5, 0.6) is 0 Å². The zero-order chi connectivity index (χ0) is 47.9. The van der Waals surface area contributed by atoms with E-state index in [-0.39, 0.29) is 5.78 Å². The lowest BCUT2D eigenvalue weighted by Gasteiger charge is -2.42. The molecule has 340 valence electrons. The third kappa shape index (κ3) is 5.32. The Bertz CT molecular complexity index is 4760. The highest BCUT2D eigenvalue weighted by molar-refractivity contribution is 6.39. The molecule has 0 bridgehead atoms. The minimum atomic E-state index is -0.813. The lowest BCUT2D eigenvalue weighted by molar-refractivity contribution is 0.103. The van der Waals surface area contributed by atoms with Gasteiger partial charge in [-0.3, -0.25) is 4.79 Å². The predicted octanol–water partition coefficient (Wildman–Crippen LogP) is 17.3. The third-order valence-electron chi connectivity index (χ3n) is 15.7. The van der Waals surface area contributed by atoms with E-state index in [4.69, 9.17) is 8.83 Å². The van der Waals surface area contributed by atoms with Crippen molar-refractivity contribution in [1.82, 2.24) is 9.13 Å².